The minimum Gasteiger partial charge on any atom is -0.484 e. The number of nitrogens with one attached hydrogen (secondary N) is 3. The molecule has 4 aromatic rings. The third-order valence-electron chi connectivity index (χ3n) is 18.4. The lowest BCUT2D eigenvalue weighted by atomic mass is 9.83. The average Bonchev–Trinajstić information content (AvgIpc) is 1.34. The number of carbonyl (C=O) groups is 8. The van der Waals surface area contributed by atoms with E-state index in [4.69, 9.17) is 9.47 Å². The van der Waals surface area contributed by atoms with Crippen molar-refractivity contribution in [3.8, 4) is 11.5 Å². The van der Waals surface area contributed by atoms with E-state index < -0.39 is 35.5 Å². The maximum absolute atomic E-state index is 14.4. The molecule has 6 aliphatic rings. The van der Waals surface area contributed by atoms with Crippen LogP contribution in [0, 0.1) is 11.6 Å². The first kappa shape index (κ1) is 67.4. The summed E-state index contributed by atoms with van der Waals surface area (Å²) in [5.74, 6) is -1.93. The van der Waals surface area contributed by atoms with Crippen LogP contribution in [-0.2, 0) is 19.2 Å². The van der Waals surface area contributed by atoms with E-state index in [0.29, 0.717) is 23.0 Å². The van der Waals surface area contributed by atoms with Crippen molar-refractivity contribution in [1.29, 1.82) is 0 Å². The number of amides is 8. The molecule has 0 spiro atoms. The van der Waals surface area contributed by atoms with Crippen molar-refractivity contribution in [3.63, 3.8) is 0 Å². The Hall–Kier alpha value is -7.98. The highest BCUT2D eigenvalue weighted by molar-refractivity contribution is 6.02. The van der Waals surface area contributed by atoms with Crippen molar-refractivity contribution < 1.29 is 67.2 Å². The van der Waals surface area contributed by atoms with Crippen molar-refractivity contribution in [2.75, 3.05) is 83.1 Å². The first-order valence-corrected chi connectivity index (χ1v) is 32.8. The van der Waals surface area contributed by atoms with Crippen molar-refractivity contribution in [2.45, 2.75) is 167 Å². The van der Waals surface area contributed by atoms with E-state index >= 15 is 0 Å². The van der Waals surface area contributed by atoms with Crippen LogP contribution >= 0.6 is 0 Å². The normalized spacial score (nSPS) is 20.6. The molecule has 2 saturated carbocycles. The van der Waals surface area contributed by atoms with E-state index in [9.17, 15) is 47.1 Å². The number of anilines is 2. The molecule has 4 aromatic carbocycles. The van der Waals surface area contributed by atoms with Gasteiger partial charge in [0.05, 0.1) is 26.2 Å². The summed E-state index contributed by atoms with van der Waals surface area (Å²) in [5, 5.41) is 12.4. The van der Waals surface area contributed by atoms with Crippen LogP contribution in [0.3, 0.4) is 0 Å². The molecule has 2 unspecified atom stereocenters. The monoisotopic (exact) mass is 1260 g/mol. The van der Waals surface area contributed by atoms with Gasteiger partial charge in [-0.2, -0.15) is 0 Å². The lowest BCUT2D eigenvalue weighted by Gasteiger charge is -2.42. The first-order valence-electron chi connectivity index (χ1n) is 32.8. The molecule has 0 radical (unpaired) electrons. The Labute approximate surface area is 532 Å². The molecule has 7 N–H and O–H groups in total. The fourth-order valence-corrected chi connectivity index (χ4v) is 13.5. The van der Waals surface area contributed by atoms with Crippen LogP contribution < -0.4 is 36.1 Å². The highest BCUT2D eigenvalue weighted by Gasteiger charge is 2.42. The van der Waals surface area contributed by atoms with Gasteiger partial charge in [-0.25, -0.2) is 8.78 Å². The highest BCUT2D eigenvalue weighted by atomic mass is 19.1. The zero-order chi connectivity index (χ0) is 65.0. The Balaban J connectivity index is 0.000000215. The summed E-state index contributed by atoms with van der Waals surface area (Å²) in [4.78, 5) is 114. The number of hydrogen-bond acceptors (Lipinski definition) is 10. The second-order valence-corrected chi connectivity index (χ2v) is 25.9. The molecule has 4 atom stereocenters. The Morgan fingerprint density at radius 3 is 1.35 bits per heavy atom. The number of carbonyl (C=O) groups excluding carboxylic acids is 8. The Kier molecular flexibility index (Phi) is 22.9. The molecule has 4 heterocycles. The number of rotatable bonds is 16. The van der Waals surface area contributed by atoms with Crippen LogP contribution in [0.1, 0.15) is 183 Å². The summed E-state index contributed by atoms with van der Waals surface area (Å²) in [7, 11) is 1.69. The van der Waals surface area contributed by atoms with Crippen LogP contribution in [0.5, 0.6) is 11.5 Å². The summed E-state index contributed by atoms with van der Waals surface area (Å²) >= 11 is 0. The maximum Gasteiger partial charge on any atom is 0.254 e. The van der Waals surface area contributed by atoms with E-state index in [0.717, 1.165) is 137 Å². The van der Waals surface area contributed by atoms with Crippen LogP contribution in [0.4, 0.5) is 20.2 Å². The number of quaternary nitrogens is 2. The summed E-state index contributed by atoms with van der Waals surface area (Å²) < 4.78 is 41.7. The molecule has 20 nitrogen and oxygen atoms in total. The van der Waals surface area contributed by atoms with Crippen LogP contribution in [0.25, 0.3) is 0 Å². The number of nitrogens with two attached hydrogens (primary N) is 2. The zero-order valence-corrected chi connectivity index (χ0v) is 53.8. The molecule has 490 valence electrons. The van der Waals surface area contributed by atoms with Crippen molar-refractivity contribution in [2.24, 2.45) is 0 Å². The number of benzene rings is 4. The predicted molar refractivity (Wildman–Crippen MR) is 340 cm³/mol. The minimum absolute atomic E-state index is 0.0404. The largest absolute Gasteiger partial charge is 0.484 e. The number of likely N-dealkylation sites (N-methyl/N-ethyl adjacent to an activating group) is 1. The average molecular weight is 1260 g/mol. The smallest absolute Gasteiger partial charge is 0.254 e. The summed E-state index contributed by atoms with van der Waals surface area (Å²) in [5.41, 5.74) is 3.56. The van der Waals surface area contributed by atoms with Gasteiger partial charge in [0, 0.05) is 106 Å². The maximum atomic E-state index is 14.4. The summed E-state index contributed by atoms with van der Waals surface area (Å²) in [6, 6.07) is 16.5. The topological polar surface area (TPSA) is 241 Å². The van der Waals surface area contributed by atoms with E-state index in [-0.39, 0.29) is 122 Å². The van der Waals surface area contributed by atoms with Gasteiger partial charge in [-0.1, -0.05) is 38.5 Å². The van der Waals surface area contributed by atoms with Gasteiger partial charge in [0.15, 0.2) is 12.2 Å². The molecule has 0 aromatic heterocycles. The van der Waals surface area contributed by atoms with Crippen molar-refractivity contribution >= 4 is 58.6 Å². The molecular weight excluding hydrogens is 1170 g/mol. The van der Waals surface area contributed by atoms with Gasteiger partial charge in [-0.15, -0.1) is 0 Å². The predicted octanol–water partition coefficient (Wildman–Crippen LogP) is 6.42. The Morgan fingerprint density at radius 2 is 0.956 bits per heavy atom. The summed E-state index contributed by atoms with van der Waals surface area (Å²) in [6.45, 7) is 14.5. The van der Waals surface area contributed by atoms with Crippen LogP contribution in [-0.4, -0.2) is 181 Å². The fourth-order valence-electron chi connectivity index (χ4n) is 13.5. The van der Waals surface area contributed by atoms with Gasteiger partial charge < -0.3 is 60.6 Å². The molecule has 10 rings (SSSR count). The minimum atomic E-state index is -0.941. The summed E-state index contributed by atoms with van der Waals surface area (Å²) in [6.07, 6.45) is 13.5. The van der Waals surface area contributed by atoms with Crippen LogP contribution in [0.2, 0.25) is 0 Å². The lowest BCUT2D eigenvalue weighted by molar-refractivity contribution is -0.638. The number of hydrogen-bond donors (Lipinski definition) is 5. The van der Waals surface area contributed by atoms with Gasteiger partial charge in [-0.05, 0) is 149 Å². The lowest BCUT2D eigenvalue weighted by Crippen LogP contribution is -2.81. The molecule has 2 aliphatic carbocycles. The first-order chi connectivity index (χ1) is 43.6. The molecule has 6 fully saturated rings. The molecule has 4 saturated heterocycles. The molecule has 8 amide bonds. The van der Waals surface area contributed by atoms with Crippen molar-refractivity contribution in [1.82, 2.24) is 29.8 Å². The quantitative estimate of drug-likeness (QED) is 0.0825. The Morgan fingerprint density at radius 1 is 0.527 bits per heavy atom. The molecule has 22 heteroatoms. The third-order valence-corrected chi connectivity index (χ3v) is 18.4. The second kappa shape index (κ2) is 30.9. The number of nitrogens with zero attached hydrogens (tertiary/aromatic N) is 5. The SMILES string of the molecule is CC(=O)Nc1cc(F)cc(C(=O)N2CCN(C(=O)c3ccc(O[C@H]4CC[NH2+]C4)c(C4CCCCC4)c3)C(C(=O)N(C)C(C)C)C2)c1.CC(=O)Nc1cc(F)cc(C(=O)N2CCN(C(=O)c3ccc(O[C@H]4CC[NH2+]C4)c(C4CCCCC4)c3)C(C(=O)NC(C)C)C2)c1. The highest BCUT2D eigenvalue weighted by Crippen LogP contribution is 2.41. The van der Waals surface area contributed by atoms with E-state index in [1.807, 2.05) is 52.0 Å². The Bertz CT molecular complexity index is 3300. The number of halogens is 2. The van der Waals surface area contributed by atoms with E-state index in [1.165, 1.54) is 48.6 Å². The molecule has 0 bridgehead atoms. The van der Waals surface area contributed by atoms with Gasteiger partial charge in [0.2, 0.25) is 23.6 Å². The van der Waals surface area contributed by atoms with Gasteiger partial charge in [0.1, 0.15) is 48.3 Å². The molecule has 4 aliphatic heterocycles. The molecule has 91 heavy (non-hydrogen) atoms. The zero-order valence-electron chi connectivity index (χ0n) is 53.8. The number of ether oxygens (including phenoxy) is 2. The second-order valence-electron chi connectivity index (χ2n) is 25.9. The van der Waals surface area contributed by atoms with Gasteiger partial charge >= 0.3 is 0 Å². The van der Waals surface area contributed by atoms with Crippen LogP contribution in [0.15, 0.2) is 72.8 Å². The van der Waals surface area contributed by atoms with Crippen molar-refractivity contribution in [3.05, 3.63) is 118 Å². The van der Waals surface area contributed by atoms with E-state index in [1.54, 1.807) is 33.9 Å². The fraction of sp³-hybridized carbons (Fsp3) is 0.536. The van der Waals surface area contributed by atoms with Gasteiger partial charge in [-0.3, -0.25) is 38.4 Å². The van der Waals surface area contributed by atoms with E-state index in [2.05, 4.69) is 26.6 Å². The number of piperazine rings is 2. The molecular formula is C69H92F2N10O10+2. The van der Waals surface area contributed by atoms with Gasteiger partial charge in [0.25, 0.3) is 23.6 Å². The standard InChI is InChI=1S/C35H46FN5O5.C34H44FN5O5/c1-22(2)39(4)35(45)31-21-40(33(43)26-16-27(36)19-28(17-26)38-23(3)42)14-15-41(31)34(44)25-10-11-32(46-29-12-13-37-20-29)30(18-25)24-8-6-5-7-9-24;1-21(2)37-32(42)30-20-39(33(43)25-15-26(35)18-27(16-25)38-22(3)41)13-14-40(30)34(44)24-9-10-31(45-28-11-12-36-19-28)29(17-24)23-7-5-4-6-8-23/h10-11,16-19,22,24,29,31,37H,5-9,12-15,20-21H2,1-4H3,(H,38,42);9-10,15-18,21,23,28,30,36H,4-8,11-14,19-20H2,1-3H3,(H,37,42)(H,38,41)/p+2/t29-,31?;28-,30?/m00/s1. The third kappa shape index (κ3) is 17.3.